The van der Waals surface area contributed by atoms with Crippen LogP contribution in [0.4, 0.5) is 13.2 Å². The lowest BCUT2D eigenvalue weighted by molar-refractivity contribution is -0.137. The third kappa shape index (κ3) is 3.86. The summed E-state index contributed by atoms with van der Waals surface area (Å²) in [5, 5.41) is 9.13. The predicted molar refractivity (Wildman–Crippen MR) is 130 cm³/mol. The molecule has 0 radical (unpaired) electrons. The van der Waals surface area contributed by atoms with Crippen molar-refractivity contribution in [1.29, 1.82) is 0 Å². The number of methoxy groups -OCH3 is 1. The second-order valence-corrected chi connectivity index (χ2v) is 9.62. The van der Waals surface area contributed by atoms with E-state index in [2.05, 4.69) is 19.7 Å². The number of fused-ring (bicyclic) bond motifs is 1. The van der Waals surface area contributed by atoms with Gasteiger partial charge in [0.25, 0.3) is 0 Å². The molecule has 5 rings (SSSR count). The van der Waals surface area contributed by atoms with Crippen molar-refractivity contribution in [2.75, 3.05) is 7.11 Å². The predicted octanol–water partition coefficient (Wildman–Crippen LogP) is 6.20. The Bertz CT molecular complexity index is 1400. The van der Waals surface area contributed by atoms with Crippen LogP contribution in [0.2, 0.25) is 0 Å². The Labute approximate surface area is 207 Å². The third-order valence-corrected chi connectivity index (χ3v) is 7.22. The normalized spacial score (nSPS) is 17.9. The number of aryl methyl sites for hydroxylation is 1. The fraction of sp³-hybridized carbons (Fsp3) is 0.370. The van der Waals surface area contributed by atoms with Crippen molar-refractivity contribution in [3.8, 4) is 22.8 Å². The number of alkyl halides is 3. The van der Waals surface area contributed by atoms with Gasteiger partial charge in [-0.05, 0) is 55.5 Å². The summed E-state index contributed by atoms with van der Waals surface area (Å²) in [4.78, 5) is 4.29. The molecule has 0 fully saturated rings. The minimum atomic E-state index is -4.41. The van der Waals surface area contributed by atoms with Gasteiger partial charge in [-0.1, -0.05) is 32.0 Å². The van der Waals surface area contributed by atoms with Crippen molar-refractivity contribution in [3.63, 3.8) is 0 Å². The number of halogens is 3. The SMILES string of the molecule is COc1cc(-c2nnc3n2CCCC3(c2cccc(C(F)(F)F)c2)C(C)C)ccc1-n1cnc(C)c1. The zero-order chi connectivity index (χ0) is 25.7. The molecule has 6 nitrogen and oxygen atoms in total. The number of ether oxygens (including phenoxy) is 1. The van der Waals surface area contributed by atoms with Gasteiger partial charge in [0.2, 0.25) is 0 Å². The molecule has 1 aliphatic heterocycles. The van der Waals surface area contributed by atoms with Gasteiger partial charge in [-0.25, -0.2) is 4.98 Å². The van der Waals surface area contributed by atoms with Gasteiger partial charge in [-0.15, -0.1) is 10.2 Å². The first-order valence-electron chi connectivity index (χ1n) is 12.0. The second-order valence-electron chi connectivity index (χ2n) is 9.62. The van der Waals surface area contributed by atoms with Crippen LogP contribution >= 0.6 is 0 Å². The first-order valence-corrected chi connectivity index (χ1v) is 12.0. The molecule has 1 atom stereocenters. The van der Waals surface area contributed by atoms with Crippen molar-refractivity contribution in [3.05, 3.63) is 77.6 Å². The summed E-state index contributed by atoms with van der Waals surface area (Å²) in [6.45, 7) is 6.69. The maximum absolute atomic E-state index is 13.6. The Kier molecular flexibility index (Phi) is 5.89. The average Bonchev–Trinajstić information content (AvgIpc) is 3.49. The number of rotatable bonds is 5. The number of benzene rings is 2. The fourth-order valence-electron chi connectivity index (χ4n) is 5.40. The smallest absolute Gasteiger partial charge is 0.416 e. The summed E-state index contributed by atoms with van der Waals surface area (Å²) < 4.78 is 50.3. The monoisotopic (exact) mass is 495 g/mol. The molecular weight excluding hydrogens is 467 g/mol. The van der Waals surface area contributed by atoms with Crippen LogP contribution in [-0.4, -0.2) is 31.4 Å². The highest BCUT2D eigenvalue weighted by Crippen LogP contribution is 2.47. The van der Waals surface area contributed by atoms with Gasteiger partial charge >= 0.3 is 6.18 Å². The second kappa shape index (κ2) is 8.80. The molecule has 0 bridgehead atoms. The molecule has 36 heavy (non-hydrogen) atoms. The molecule has 9 heteroatoms. The van der Waals surface area contributed by atoms with E-state index in [0.717, 1.165) is 29.4 Å². The number of nitrogens with zero attached hydrogens (tertiary/aromatic N) is 5. The van der Waals surface area contributed by atoms with Crippen molar-refractivity contribution in [1.82, 2.24) is 24.3 Å². The first kappa shape index (κ1) is 24.1. The van der Waals surface area contributed by atoms with E-state index < -0.39 is 17.2 Å². The highest BCUT2D eigenvalue weighted by molar-refractivity contribution is 5.64. The van der Waals surface area contributed by atoms with E-state index in [4.69, 9.17) is 4.74 Å². The molecule has 0 aliphatic carbocycles. The Morgan fingerprint density at radius 2 is 1.89 bits per heavy atom. The molecule has 2 aromatic carbocycles. The summed E-state index contributed by atoms with van der Waals surface area (Å²) >= 11 is 0. The summed E-state index contributed by atoms with van der Waals surface area (Å²) in [7, 11) is 1.61. The van der Waals surface area contributed by atoms with E-state index in [1.165, 1.54) is 12.1 Å². The Morgan fingerprint density at radius 1 is 1.08 bits per heavy atom. The van der Waals surface area contributed by atoms with Gasteiger partial charge in [-0.3, -0.25) is 0 Å². The van der Waals surface area contributed by atoms with E-state index >= 15 is 0 Å². The lowest BCUT2D eigenvalue weighted by Crippen LogP contribution is -2.40. The largest absolute Gasteiger partial charge is 0.495 e. The summed E-state index contributed by atoms with van der Waals surface area (Å²) in [5.41, 5.74) is 1.87. The van der Waals surface area contributed by atoms with Crippen LogP contribution in [0.1, 0.15) is 49.3 Å². The van der Waals surface area contributed by atoms with E-state index in [0.29, 0.717) is 35.9 Å². The van der Waals surface area contributed by atoms with Crippen LogP contribution in [0.5, 0.6) is 5.75 Å². The van der Waals surface area contributed by atoms with Crippen LogP contribution < -0.4 is 4.74 Å². The van der Waals surface area contributed by atoms with Gasteiger partial charge in [0.15, 0.2) is 5.82 Å². The molecule has 0 N–H and O–H groups in total. The van der Waals surface area contributed by atoms with Crippen LogP contribution in [0.25, 0.3) is 17.1 Å². The summed E-state index contributed by atoms with van der Waals surface area (Å²) in [6, 6.07) is 11.5. The van der Waals surface area contributed by atoms with E-state index in [1.807, 2.05) is 49.7 Å². The quantitative estimate of drug-likeness (QED) is 0.331. The minimum absolute atomic E-state index is 0.0125. The van der Waals surface area contributed by atoms with E-state index in [9.17, 15) is 13.2 Å². The topological polar surface area (TPSA) is 57.8 Å². The molecule has 1 aliphatic rings. The summed E-state index contributed by atoms with van der Waals surface area (Å²) in [5.74, 6) is 2.05. The zero-order valence-corrected chi connectivity index (χ0v) is 20.7. The van der Waals surface area contributed by atoms with Gasteiger partial charge in [0.05, 0.1) is 35.8 Å². The Hall–Kier alpha value is -3.62. The lowest BCUT2D eigenvalue weighted by Gasteiger charge is -2.41. The highest BCUT2D eigenvalue weighted by atomic mass is 19.4. The van der Waals surface area contributed by atoms with Crippen molar-refractivity contribution in [2.45, 2.75) is 51.7 Å². The van der Waals surface area contributed by atoms with Crippen molar-refractivity contribution in [2.24, 2.45) is 5.92 Å². The molecular formula is C27H28F3N5O. The van der Waals surface area contributed by atoms with Crippen LogP contribution in [0.15, 0.2) is 55.0 Å². The highest BCUT2D eigenvalue weighted by Gasteiger charge is 2.45. The lowest BCUT2D eigenvalue weighted by atomic mass is 9.66. The molecule has 0 saturated carbocycles. The van der Waals surface area contributed by atoms with Crippen LogP contribution in [-0.2, 0) is 18.1 Å². The van der Waals surface area contributed by atoms with Crippen LogP contribution in [0.3, 0.4) is 0 Å². The minimum Gasteiger partial charge on any atom is -0.495 e. The fourth-order valence-corrected chi connectivity index (χ4v) is 5.40. The molecule has 2 aromatic heterocycles. The molecule has 188 valence electrons. The number of hydrogen-bond acceptors (Lipinski definition) is 4. The molecule has 3 heterocycles. The average molecular weight is 496 g/mol. The number of aromatic nitrogens is 5. The zero-order valence-electron chi connectivity index (χ0n) is 20.7. The van der Waals surface area contributed by atoms with Crippen molar-refractivity contribution < 1.29 is 17.9 Å². The molecule has 1 unspecified atom stereocenters. The van der Waals surface area contributed by atoms with E-state index in [1.54, 1.807) is 19.5 Å². The third-order valence-electron chi connectivity index (χ3n) is 7.22. The van der Waals surface area contributed by atoms with E-state index in [-0.39, 0.29) is 5.92 Å². The number of hydrogen-bond donors (Lipinski definition) is 0. The van der Waals surface area contributed by atoms with Crippen LogP contribution in [0, 0.1) is 12.8 Å². The molecule has 0 saturated heterocycles. The van der Waals surface area contributed by atoms with Gasteiger partial charge < -0.3 is 13.9 Å². The van der Waals surface area contributed by atoms with Gasteiger partial charge in [-0.2, -0.15) is 13.2 Å². The standard InChI is InChI=1S/C27H28F3N5O/c1-17(2)26(20-7-5-8-21(14-20)27(28,29)30)11-6-12-35-24(32-33-25(26)35)19-9-10-22(23(13-19)36-4)34-15-18(3)31-16-34/h5,7-10,13-17H,6,11-12H2,1-4H3. The molecule has 4 aromatic rings. The maximum atomic E-state index is 13.6. The first-order chi connectivity index (χ1) is 17.1. The molecule has 0 amide bonds. The van der Waals surface area contributed by atoms with Crippen molar-refractivity contribution >= 4 is 0 Å². The van der Waals surface area contributed by atoms with Gasteiger partial charge in [0, 0.05) is 18.3 Å². The Morgan fingerprint density at radius 3 is 2.56 bits per heavy atom. The number of imidazole rings is 1. The Balaban J connectivity index is 1.62. The molecule has 0 spiro atoms. The van der Waals surface area contributed by atoms with Gasteiger partial charge in [0.1, 0.15) is 11.6 Å². The maximum Gasteiger partial charge on any atom is 0.416 e. The summed E-state index contributed by atoms with van der Waals surface area (Å²) in [6.07, 6.45) is 0.747.